The van der Waals surface area contributed by atoms with E-state index >= 15 is 0 Å². The van der Waals surface area contributed by atoms with Crippen LogP contribution >= 0.6 is 0 Å². The van der Waals surface area contributed by atoms with Crippen molar-refractivity contribution in [1.82, 2.24) is 20.1 Å². The van der Waals surface area contributed by atoms with Crippen LogP contribution in [-0.4, -0.2) is 21.3 Å². The molecule has 0 aliphatic carbocycles. The van der Waals surface area contributed by atoms with E-state index in [1.165, 1.54) is 11.1 Å². The van der Waals surface area contributed by atoms with E-state index in [1.54, 1.807) is 6.33 Å². The zero-order chi connectivity index (χ0) is 14.0. The van der Waals surface area contributed by atoms with E-state index in [-0.39, 0.29) is 6.04 Å². The van der Waals surface area contributed by atoms with E-state index in [9.17, 15) is 0 Å². The van der Waals surface area contributed by atoms with Crippen LogP contribution in [0.5, 0.6) is 0 Å². The van der Waals surface area contributed by atoms with Gasteiger partial charge in [0.05, 0.1) is 0 Å². The number of nitrogens with zero attached hydrogens (tertiary/aromatic N) is 3. The molecule has 0 radical (unpaired) electrons. The van der Waals surface area contributed by atoms with Gasteiger partial charge in [0, 0.05) is 25.1 Å². The lowest BCUT2D eigenvalue weighted by Gasteiger charge is -2.18. The number of rotatable bonds is 5. The van der Waals surface area contributed by atoms with Gasteiger partial charge in [-0.05, 0) is 32.9 Å². The molecule has 19 heavy (non-hydrogen) atoms. The molecule has 0 amide bonds. The minimum Gasteiger partial charge on any atom is -0.466 e. The second-order valence-corrected chi connectivity index (χ2v) is 4.87. The summed E-state index contributed by atoms with van der Waals surface area (Å²) in [4.78, 5) is 4.31. The van der Waals surface area contributed by atoms with Crippen LogP contribution in [-0.2, 0) is 13.5 Å². The van der Waals surface area contributed by atoms with Crippen LogP contribution in [0.2, 0.25) is 0 Å². The lowest BCUT2D eigenvalue weighted by molar-refractivity contribution is 0.478. The Balaban J connectivity index is 2.32. The second kappa shape index (κ2) is 5.57. The third-order valence-electron chi connectivity index (χ3n) is 3.61. The maximum Gasteiger partial charge on any atom is 0.138 e. The smallest absolute Gasteiger partial charge is 0.138 e. The molecule has 5 nitrogen and oxygen atoms in total. The van der Waals surface area contributed by atoms with E-state index in [2.05, 4.69) is 29.2 Å². The van der Waals surface area contributed by atoms with Crippen molar-refractivity contribution in [2.75, 3.05) is 6.54 Å². The van der Waals surface area contributed by atoms with E-state index in [1.807, 2.05) is 25.6 Å². The second-order valence-electron chi connectivity index (χ2n) is 4.87. The van der Waals surface area contributed by atoms with Gasteiger partial charge in [0.1, 0.15) is 23.7 Å². The highest BCUT2D eigenvalue weighted by atomic mass is 16.3. The maximum absolute atomic E-state index is 5.74. The summed E-state index contributed by atoms with van der Waals surface area (Å²) in [6, 6.07) is 0.213. The molecule has 0 saturated carbocycles. The molecule has 104 valence electrons. The van der Waals surface area contributed by atoms with Crippen LogP contribution in [0.25, 0.3) is 0 Å². The summed E-state index contributed by atoms with van der Waals surface area (Å²) >= 11 is 0. The summed E-state index contributed by atoms with van der Waals surface area (Å²) in [5.41, 5.74) is 2.48. The zero-order valence-electron chi connectivity index (χ0n) is 12.3. The van der Waals surface area contributed by atoms with Crippen LogP contribution in [0.15, 0.2) is 10.7 Å². The van der Waals surface area contributed by atoms with Crippen LogP contribution in [0.4, 0.5) is 0 Å². The average Bonchev–Trinajstić information content (AvgIpc) is 2.85. The highest BCUT2D eigenvalue weighted by Crippen LogP contribution is 2.28. The fourth-order valence-corrected chi connectivity index (χ4v) is 2.53. The van der Waals surface area contributed by atoms with Crippen LogP contribution in [0.1, 0.15) is 41.4 Å². The van der Waals surface area contributed by atoms with Crippen molar-refractivity contribution in [3.05, 3.63) is 34.8 Å². The molecule has 1 unspecified atom stereocenters. The molecule has 2 rings (SSSR count). The number of furan rings is 1. The van der Waals surface area contributed by atoms with Gasteiger partial charge in [-0.3, -0.25) is 4.68 Å². The Morgan fingerprint density at radius 2 is 2.05 bits per heavy atom. The number of nitrogens with one attached hydrogen (secondary N) is 1. The molecular weight excluding hydrogens is 240 g/mol. The summed E-state index contributed by atoms with van der Waals surface area (Å²) in [6.07, 6.45) is 2.41. The van der Waals surface area contributed by atoms with Gasteiger partial charge in [-0.25, -0.2) is 4.98 Å². The highest BCUT2D eigenvalue weighted by molar-refractivity contribution is 5.34. The molecule has 0 bridgehead atoms. The monoisotopic (exact) mass is 262 g/mol. The fourth-order valence-electron chi connectivity index (χ4n) is 2.53. The Bertz CT molecular complexity index is 556. The molecule has 2 aromatic rings. The van der Waals surface area contributed by atoms with Crippen LogP contribution in [0.3, 0.4) is 0 Å². The number of hydrogen-bond donors (Lipinski definition) is 1. The van der Waals surface area contributed by atoms with Crippen molar-refractivity contribution in [2.45, 2.75) is 40.2 Å². The van der Waals surface area contributed by atoms with E-state index in [4.69, 9.17) is 4.42 Å². The van der Waals surface area contributed by atoms with Gasteiger partial charge >= 0.3 is 0 Å². The summed E-state index contributed by atoms with van der Waals surface area (Å²) in [5, 5.41) is 7.65. The summed E-state index contributed by atoms with van der Waals surface area (Å²) in [5.74, 6) is 2.96. The predicted molar refractivity (Wildman–Crippen MR) is 74.0 cm³/mol. The molecule has 5 heteroatoms. The highest BCUT2D eigenvalue weighted by Gasteiger charge is 2.22. The summed E-state index contributed by atoms with van der Waals surface area (Å²) < 4.78 is 7.56. The topological polar surface area (TPSA) is 55.9 Å². The van der Waals surface area contributed by atoms with Crippen LogP contribution < -0.4 is 5.32 Å². The van der Waals surface area contributed by atoms with Crippen molar-refractivity contribution in [2.24, 2.45) is 7.05 Å². The van der Waals surface area contributed by atoms with Crippen molar-refractivity contribution in [1.29, 1.82) is 0 Å². The predicted octanol–water partition coefficient (Wildman–Crippen LogP) is 2.23. The Morgan fingerprint density at radius 3 is 2.53 bits per heavy atom. The Morgan fingerprint density at radius 1 is 1.32 bits per heavy atom. The molecule has 0 aliphatic heterocycles. The van der Waals surface area contributed by atoms with E-state index in [0.717, 1.165) is 30.3 Å². The molecule has 0 saturated heterocycles. The van der Waals surface area contributed by atoms with Gasteiger partial charge in [-0.1, -0.05) is 6.92 Å². The largest absolute Gasteiger partial charge is 0.466 e. The number of aromatic nitrogens is 3. The van der Waals surface area contributed by atoms with Gasteiger partial charge < -0.3 is 9.73 Å². The lowest BCUT2D eigenvalue weighted by Crippen LogP contribution is -2.25. The molecule has 2 heterocycles. The minimum absolute atomic E-state index is 0.213. The first kappa shape index (κ1) is 13.8. The maximum atomic E-state index is 5.74. The SMILES string of the molecule is CCNC(Cc1ncnn1C)c1c(C)oc(C)c1C. The van der Waals surface area contributed by atoms with Gasteiger partial charge in [0.25, 0.3) is 0 Å². The van der Waals surface area contributed by atoms with Gasteiger partial charge in [-0.15, -0.1) is 0 Å². The molecule has 1 N–H and O–H groups in total. The van der Waals surface area contributed by atoms with Crippen LogP contribution in [0, 0.1) is 20.8 Å². The Labute approximate surface area is 114 Å². The van der Waals surface area contributed by atoms with Gasteiger partial charge in [0.2, 0.25) is 0 Å². The standard InChI is InChI=1S/C14H22N4O/c1-6-15-12(7-13-16-8-17-18(13)5)14-9(2)10(3)19-11(14)4/h8,12,15H,6-7H2,1-5H3. The molecule has 0 fully saturated rings. The summed E-state index contributed by atoms with van der Waals surface area (Å²) in [6.45, 7) is 9.17. The molecule has 0 aliphatic rings. The van der Waals surface area contributed by atoms with Gasteiger partial charge in [0.15, 0.2) is 0 Å². The first-order valence-electron chi connectivity index (χ1n) is 6.67. The number of aryl methyl sites for hydroxylation is 3. The third-order valence-corrected chi connectivity index (χ3v) is 3.61. The normalized spacial score (nSPS) is 12.9. The van der Waals surface area contributed by atoms with Gasteiger partial charge in [-0.2, -0.15) is 5.10 Å². The third kappa shape index (κ3) is 2.71. The summed E-state index contributed by atoms with van der Waals surface area (Å²) in [7, 11) is 1.92. The molecule has 1 atom stereocenters. The van der Waals surface area contributed by atoms with Crippen molar-refractivity contribution < 1.29 is 4.42 Å². The Hall–Kier alpha value is -1.62. The van der Waals surface area contributed by atoms with E-state index < -0.39 is 0 Å². The van der Waals surface area contributed by atoms with Crippen molar-refractivity contribution in [3.63, 3.8) is 0 Å². The minimum atomic E-state index is 0.213. The lowest BCUT2D eigenvalue weighted by atomic mass is 9.99. The molecule has 0 aromatic carbocycles. The molecule has 0 spiro atoms. The Kier molecular flexibility index (Phi) is 4.04. The quantitative estimate of drug-likeness (QED) is 0.897. The molecular formula is C14H22N4O. The van der Waals surface area contributed by atoms with Crippen molar-refractivity contribution >= 4 is 0 Å². The fraction of sp³-hybridized carbons (Fsp3) is 0.571. The van der Waals surface area contributed by atoms with Crippen molar-refractivity contribution in [3.8, 4) is 0 Å². The first-order valence-corrected chi connectivity index (χ1v) is 6.67. The number of hydrogen-bond acceptors (Lipinski definition) is 4. The molecule has 2 aromatic heterocycles. The first-order chi connectivity index (χ1) is 9.04. The number of likely N-dealkylation sites (N-methyl/N-ethyl adjacent to an activating group) is 1. The average molecular weight is 262 g/mol. The van der Waals surface area contributed by atoms with E-state index in [0.29, 0.717) is 0 Å². The zero-order valence-corrected chi connectivity index (χ0v) is 12.3.